The molecule has 0 unspecified atom stereocenters. The number of aromatic nitrogens is 2. The second kappa shape index (κ2) is 4.28. The van der Waals surface area contributed by atoms with Crippen molar-refractivity contribution in [1.29, 1.82) is 0 Å². The Balaban J connectivity index is 2.45. The average molecular weight is 215 g/mol. The van der Waals surface area contributed by atoms with Gasteiger partial charge in [0, 0.05) is 12.6 Å². The molecule has 1 aromatic carbocycles. The van der Waals surface area contributed by atoms with Crippen molar-refractivity contribution in [3.63, 3.8) is 0 Å². The van der Waals surface area contributed by atoms with Gasteiger partial charge >= 0.3 is 0 Å². The summed E-state index contributed by atoms with van der Waals surface area (Å²) in [5, 5.41) is 0. The predicted molar refractivity (Wildman–Crippen MR) is 62.0 cm³/mol. The molecule has 0 radical (unpaired) electrons. The Kier molecular flexibility index (Phi) is 2.83. The van der Waals surface area contributed by atoms with Gasteiger partial charge in [0.1, 0.15) is 11.5 Å². The largest absolute Gasteiger partial charge is 0.325 e. The molecule has 0 atom stereocenters. The Morgan fingerprint density at radius 2 is 2.06 bits per heavy atom. The van der Waals surface area contributed by atoms with Crippen LogP contribution >= 0.6 is 0 Å². The monoisotopic (exact) mass is 215 g/mol. The van der Waals surface area contributed by atoms with Gasteiger partial charge in [0.15, 0.2) is 5.78 Å². The zero-order valence-corrected chi connectivity index (χ0v) is 9.05. The maximum absolute atomic E-state index is 11.5. The maximum atomic E-state index is 11.5. The summed E-state index contributed by atoms with van der Waals surface area (Å²) in [4.78, 5) is 15.7. The van der Waals surface area contributed by atoms with Crippen LogP contribution in [0.1, 0.15) is 10.5 Å². The average Bonchev–Trinajstić information content (AvgIpc) is 2.71. The zero-order chi connectivity index (χ0) is 11.5. The molecule has 0 saturated carbocycles. The van der Waals surface area contributed by atoms with E-state index in [1.165, 1.54) is 0 Å². The number of imidazole rings is 1. The van der Waals surface area contributed by atoms with E-state index < -0.39 is 0 Å². The highest BCUT2D eigenvalue weighted by molar-refractivity contribution is 5.96. The van der Waals surface area contributed by atoms with Gasteiger partial charge in [-0.25, -0.2) is 4.98 Å². The van der Waals surface area contributed by atoms with Crippen LogP contribution in [-0.4, -0.2) is 21.9 Å². The van der Waals surface area contributed by atoms with Gasteiger partial charge in [-0.2, -0.15) is 0 Å². The number of benzene rings is 1. The summed E-state index contributed by atoms with van der Waals surface area (Å²) in [5.41, 5.74) is 6.86. The highest BCUT2D eigenvalue weighted by atomic mass is 16.1. The molecule has 0 aliphatic heterocycles. The lowest BCUT2D eigenvalue weighted by Crippen LogP contribution is -2.16. The van der Waals surface area contributed by atoms with Crippen LogP contribution < -0.4 is 5.73 Å². The van der Waals surface area contributed by atoms with Crippen LogP contribution in [0.3, 0.4) is 0 Å². The fourth-order valence-electron chi connectivity index (χ4n) is 1.63. The standard InChI is InChI=1S/C12H13N3O/c1-15-10(11(16)7-13)8-14-12(15)9-5-3-2-4-6-9/h2-6,8H,7,13H2,1H3. The zero-order valence-electron chi connectivity index (χ0n) is 9.05. The molecule has 4 nitrogen and oxygen atoms in total. The van der Waals surface area contributed by atoms with Crippen LogP contribution in [0.5, 0.6) is 0 Å². The summed E-state index contributed by atoms with van der Waals surface area (Å²) < 4.78 is 1.77. The van der Waals surface area contributed by atoms with E-state index in [0.717, 1.165) is 11.4 Å². The number of rotatable bonds is 3. The van der Waals surface area contributed by atoms with Gasteiger partial charge < -0.3 is 10.3 Å². The van der Waals surface area contributed by atoms with Crippen LogP contribution in [0.2, 0.25) is 0 Å². The molecule has 0 fully saturated rings. The summed E-state index contributed by atoms with van der Waals surface area (Å²) >= 11 is 0. The molecule has 0 bridgehead atoms. The first kappa shape index (κ1) is 10.6. The van der Waals surface area contributed by atoms with Gasteiger partial charge in [0.2, 0.25) is 0 Å². The van der Waals surface area contributed by atoms with E-state index >= 15 is 0 Å². The van der Waals surface area contributed by atoms with Crippen LogP contribution in [-0.2, 0) is 7.05 Å². The Morgan fingerprint density at radius 3 is 2.69 bits per heavy atom. The summed E-state index contributed by atoms with van der Waals surface area (Å²) in [6.45, 7) is 0.00770. The molecular formula is C12H13N3O. The molecular weight excluding hydrogens is 202 g/mol. The number of hydrogen-bond acceptors (Lipinski definition) is 3. The van der Waals surface area contributed by atoms with E-state index in [4.69, 9.17) is 5.73 Å². The van der Waals surface area contributed by atoms with Gasteiger partial charge in [0.05, 0.1) is 12.7 Å². The number of hydrogen-bond donors (Lipinski definition) is 1. The number of ketones is 1. The lowest BCUT2D eigenvalue weighted by Gasteiger charge is -2.04. The third-order valence-electron chi connectivity index (χ3n) is 2.49. The van der Waals surface area contributed by atoms with Crippen LogP contribution in [0.4, 0.5) is 0 Å². The molecule has 1 heterocycles. The van der Waals surface area contributed by atoms with E-state index in [9.17, 15) is 4.79 Å². The Morgan fingerprint density at radius 1 is 1.38 bits per heavy atom. The van der Waals surface area contributed by atoms with Crippen molar-refractivity contribution in [2.45, 2.75) is 0 Å². The lowest BCUT2D eigenvalue weighted by atomic mass is 10.2. The van der Waals surface area contributed by atoms with E-state index in [0.29, 0.717) is 5.69 Å². The van der Waals surface area contributed by atoms with Gasteiger partial charge in [-0.15, -0.1) is 0 Å². The topological polar surface area (TPSA) is 60.9 Å². The molecule has 82 valence electrons. The second-order valence-electron chi connectivity index (χ2n) is 3.52. The number of nitrogens with zero attached hydrogens (tertiary/aromatic N) is 2. The lowest BCUT2D eigenvalue weighted by molar-refractivity contribution is 0.0994. The van der Waals surface area contributed by atoms with Gasteiger partial charge in [-0.05, 0) is 0 Å². The molecule has 1 aromatic heterocycles. The molecule has 0 amide bonds. The SMILES string of the molecule is Cn1c(C(=O)CN)cnc1-c1ccccc1. The van der Waals surface area contributed by atoms with Crippen molar-refractivity contribution in [3.8, 4) is 11.4 Å². The normalized spacial score (nSPS) is 10.4. The Labute approximate surface area is 93.7 Å². The maximum Gasteiger partial charge on any atom is 0.194 e. The second-order valence-corrected chi connectivity index (χ2v) is 3.52. The predicted octanol–water partition coefficient (Wildman–Crippen LogP) is 1.23. The van der Waals surface area contributed by atoms with Crippen molar-refractivity contribution in [2.24, 2.45) is 12.8 Å². The number of nitrogens with two attached hydrogens (primary N) is 1. The summed E-state index contributed by atoms with van der Waals surface area (Å²) in [6, 6.07) is 9.74. The minimum absolute atomic E-state index is 0.00770. The van der Waals surface area contributed by atoms with Crippen LogP contribution in [0.15, 0.2) is 36.5 Å². The van der Waals surface area contributed by atoms with Gasteiger partial charge in [-0.3, -0.25) is 4.79 Å². The van der Waals surface area contributed by atoms with Crippen molar-refractivity contribution < 1.29 is 4.79 Å². The molecule has 0 aliphatic rings. The van der Waals surface area contributed by atoms with Gasteiger partial charge in [0.25, 0.3) is 0 Å². The molecule has 2 rings (SSSR count). The minimum atomic E-state index is -0.0998. The summed E-state index contributed by atoms with van der Waals surface area (Å²) in [7, 11) is 1.82. The minimum Gasteiger partial charge on any atom is -0.325 e. The third kappa shape index (κ3) is 1.75. The highest BCUT2D eigenvalue weighted by Gasteiger charge is 2.13. The van der Waals surface area contributed by atoms with E-state index in [2.05, 4.69) is 4.98 Å². The quantitative estimate of drug-likeness (QED) is 0.783. The summed E-state index contributed by atoms with van der Waals surface area (Å²) in [5.74, 6) is 0.676. The van der Waals surface area contributed by atoms with Crippen molar-refractivity contribution in [3.05, 3.63) is 42.2 Å². The molecule has 2 N–H and O–H groups in total. The smallest absolute Gasteiger partial charge is 0.194 e. The molecule has 16 heavy (non-hydrogen) atoms. The molecule has 0 saturated heterocycles. The van der Waals surface area contributed by atoms with Crippen molar-refractivity contribution >= 4 is 5.78 Å². The first-order valence-electron chi connectivity index (χ1n) is 5.04. The van der Waals surface area contributed by atoms with Crippen molar-refractivity contribution in [2.75, 3.05) is 6.54 Å². The fraction of sp³-hybridized carbons (Fsp3) is 0.167. The molecule has 4 heteroatoms. The van der Waals surface area contributed by atoms with Gasteiger partial charge in [-0.1, -0.05) is 30.3 Å². The fourth-order valence-corrected chi connectivity index (χ4v) is 1.63. The first-order valence-corrected chi connectivity index (χ1v) is 5.04. The van der Waals surface area contributed by atoms with Crippen LogP contribution in [0.25, 0.3) is 11.4 Å². The van der Waals surface area contributed by atoms with Crippen molar-refractivity contribution in [1.82, 2.24) is 9.55 Å². The highest BCUT2D eigenvalue weighted by Crippen LogP contribution is 2.17. The number of Topliss-reactive ketones (excluding diaryl/α,β-unsaturated/α-hetero) is 1. The third-order valence-corrected chi connectivity index (χ3v) is 2.49. The Bertz CT molecular complexity index is 502. The number of carbonyl (C=O) groups excluding carboxylic acids is 1. The summed E-state index contributed by atoms with van der Waals surface area (Å²) in [6.07, 6.45) is 1.57. The number of carbonyl (C=O) groups is 1. The Hall–Kier alpha value is -1.94. The molecule has 2 aromatic rings. The molecule has 0 spiro atoms. The first-order chi connectivity index (χ1) is 7.74. The van der Waals surface area contributed by atoms with E-state index in [1.807, 2.05) is 37.4 Å². The van der Waals surface area contributed by atoms with E-state index in [1.54, 1.807) is 10.8 Å². The van der Waals surface area contributed by atoms with E-state index in [-0.39, 0.29) is 12.3 Å². The van der Waals surface area contributed by atoms with Crippen LogP contribution in [0, 0.1) is 0 Å². The molecule has 0 aliphatic carbocycles.